The van der Waals surface area contributed by atoms with E-state index in [1.165, 1.54) is 23.5 Å². The number of carbonyl (C=O) groups excluding carboxylic acids is 3. The number of hydrogen-bond acceptors (Lipinski definition) is 6. The Morgan fingerprint density at radius 1 is 1.28 bits per heavy atom. The summed E-state index contributed by atoms with van der Waals surface area (Å²) in [5.41, 5.74) is 0.361. The molecule has 0 atom stereocenters. The summed E-state index contributed by atoms with van der Waals surface area (Å²) in [5.74, 6) is -2.54. The summed E-state index contributed by atoms with van der Waals surface area (Å²) in [4.78, 5) is 44.0. The van der Waals surface area contributed by atoms with Gasteiger partial charge < -0.3 is 5.32 Å². The average Bonchev–Trinajstić information content (AvgIpc) is 3.23. The van der Waals surface area contributed by atoms with Crippen molar-refractivity contribution in [2.45, 2.75) is 6.54 Å². The van der Waals surface area contributed by atoms with Crippen LogP contribution in [0.4, 0.5) is 4.39 Å². The van der Waals surface area contributed by atoms with Crippen molar-refractivity contribution in [2.75, 3.05) is 5.75 Å². The fourth-order valence-corrected chi connectivity index (χ4v) is 3.46. The molecule has 148 valence electrons. The number of nitrogens with one attached hydrogen (secondary N) is 3. The van der Waals surface area contributed by atoms with Gasteiger partial charge in [0, 0.05) is 6.54 Å². The van der Waals surface area contributed by atoms with Crippen LogP contribution in [0.3, 0.4) is 0 Å². The Labute approximate surface area is 172 Å². The predicted octanol–water partition coefficient (Wildman–Crippen LogP) is 1.98. The van der Waals surface area contributed by atoms with Gasteiger partial charge in [0.1, 0.15) is 5.82 Å². The van der Waals surface area contributed by atoms with Gasteiger partial charge >= 0.3 is 0 Å². The third-order valence-corrected chi connectivity index (χ3v) is 5.29. The molecule has 2 heterocycles. The van der Waals surface area contributed by atoms with E-state index in [1.807, 2.05) is 0 Å². The Bertz CT molecular complexity index is 1020. The summed E-state index contributed by atoms with van der Waals surface area (Å²) in [6.07, 6.45) is 0. The van der Waals surface area contributed by atoms with Crippen molar-refractivity contribution in [2.24, 2.45) is 9.98 Å². The third-order valence-electron chi connectivity index (χ3n) is 3.56. The molecule has 1 aliphatic rings. The molecule has 2 aromatic rings. The lowest BCUT2D eigenvalue weighted by atomic mass is 10.2. The Morgan fingerprint density at radius 2 is 2.03 bits per heavy atom. The van der Waals surface area contributed by atoms with Crippen LogP contribution < -0.4 is 10.6 Å². The zero-order chi connectivity index (χ0) is 20.8. The second-order valence-corrected chi connectivity index (χ2v) is 7.57. The summed E-state index contributed by atoms with van der Waals surface area (Å²) >= 11 is 2.11. The largest absolute Gasteiger partial charge is 0.351 e. The first-order chi connectivity index (χ1) is 13.9. The van der Waals surface area contributed by atoms with Gasteiger partial charge in [-0.05, 0) is 29.1 Å². The minimum atomic E-state index is -0.732. The highest BCUT2D eigenvalue weighted by atomic mass is 32.2. The molecule has 0 aliphatic carbocycles. The maximum absolute atomic E-state index is 12.9. The number of carbonyl (C=O) groups is 3. The van der Waals surface area contributed by atoms with E-state index in [-0.39, 0.29) is 34.9 Å². The Kier molecular flexibility index (Phi) is 6.62. The number of halogens is 1. The Hall–Kier alpha value is -3.18. The molecular formula is C18H14FN5O3S2. The smallest absolute Gasteiger partial charge is 0.287 e. The topological polar surface area (TPSA) is 124 Å². The molecule has 3 amide bonds. The van der Waals surface area contributed by atoms with Crippen LogP contribution in [0, 0.1) is 11.2 Å². The van der Waals surface area contributed by atoms with E-state index < -0.39 is 17.6 Å². The van der Waals surface area contributed by atoms with Gasteiger partial charge in [-0.25, -0.2) is 9.38 Å². The van der Waals surface area contributed by atoms with Crippen molar-refractivity contribution in [3.05, 3.63) is 58.0 Å². The van der Waals surface area contributed by atoms with Crippen molar-refractivity contribution in [1.82, 2.24) is 10.6 Å². The van der Waals surface area contributed by atoms with Crippen molar-refractivity contribution >= 4 is 57.5 Å². The number of nitrogens with zero attached hydrogens (tertiary/aromatic N) is 2. The lowest BCUT2D eigenvalue weighted by Gasteiger charge is -2.14. The van der Waals surface area contributed by atoms with E-state index in [0.717, 1.165) is 17.3 Å². The normalized spacial score (nSPS) is 15.1. The van der Waals surface area contributed by atoms with Gasteiger partial charge in [0.05, 0.1) is 10.6 Å². The second kappa shape index (κ2) is 9.34. The number of aliphatic imine (C=N–C) groups is 2. The van der Waals surface area contributed by atoms with E-state index in [9.17, 15) is 18.8 Å². The summed E-state index contributed by atoms with van der Waals surface area (Å²) in [5, 5.41) is 14.7. The fourth-order valence-electron chi connectivity index (χ4n) is 2.16. The van der Waals surface area contributed by atoms with Crippen LogP contribution in [0.1, 0.15) is 15.2 Å². The van der Waals surface area contributed by atoms with Gasteiger partial charge in [-0.3, -0.25) is 25.1 Å². The summed E-state index contributed by atoms with van der Waals surface area (Å²) in [7, 11) is 0. The SMILES string of the molecule is N=C1N=C(SCC(=O)NCc2ccc(F)cc2)NC(=O)C1=NC(=O)c1cccs1. The van der Waals surface area contributed by atoms with Gasteiger partial charge in [0.25, 0.3) is 11.8 Å². The number of rotatable bonds is 5. The highest BCUT2D eigenvalue weighted by Gasteiger charge is 2.26. The van der Waals surface area contributed by atoms with Gasteiger partial charge in [-0.1, -0.05) is 30.0 Å². The van der Waals surface area contributed by atoms with Gasteiger partial charge in [-0.2, -0.15) is 4.99 Å². The maximum atomic E-state index is 12.9. The van der Waals surface area contributed by atoms with Crippen LogP contribution in [0.15, 0.2) is 51.8 Å². The third kappa shape index (κ3) is 5.65. The number of amidine groups is 2. The van der Waals surface area contributed by atoms with Crippen molar-refractivity contribution in [1.29, 1.82) is 5.41 Å². The molecule has 3 rings (SSSR count). The second-order valence-electron chi connectivity index (χ2n) is 5.65. The predicted molar refractivity (Wildman–Crippen MR) is 110 cm³/mol. The monoisotopic (exact) mass is 431 g/mol. The molecule has 0 saturated heterocycles. The van der Waals surface area contributed by atoms with E-state index in [2.05, 4.69) is 20.6 Å². The molecule has 11 heteroatoms. The Balaban J connectivity index is 1.53. The average molecular weight is 431 g/mol. The standard InChI is InChI=1S/C18H14FN5O3S2/c19-11-5-3-10(4-6-11)8-21-13(25)9-29-18-23-15(20)14(17(27)24-18)22-16(26)12-2-1-7-28-12/h1-7H,8-9H2,(H,21,25)(H2,20,23,24,27). The highest BCUT2D eigenvalue weighted by Crippen LogP contribution is 2.12. The number of amides is 3. The lowest BCUT2D eigenvalue weighted by Crippen LogP contribution is -2.44. The van der Waals surface area contributed by atoms with Gasteiger partial charge in [0.2, 0.25) is 5.91 Å². The molecule has 0 bridgehead atoms. The van der Waals surface area contributed by atoms with Crippen LogP contribution in [0.25, 0.3) is 0 Å². The van der Waals surface area contributed by atoms with Crippen molar-refractivity contribution in [3.8, 4) is 0 Å². The molecule has 0 radical (unpaired) electrons. The lowest BCUT2D eigenvalue weighted by molar-refractivity contribution is -0.118. The summed E-state index contributed by atoms with van der Waals surface area (Å²) in [6, 6.07) is 8.98. The zero-order valence-corrected chi connectivity index (χ0v) is 16.4. The molecule has 29 heavy (non-hydrogen) atoms. The van der Waals surface area contributed by atoms with E-state index in [0.29, 0.717) is 4.88 Å². The number of thioether (sulfide) groups is 1. The molecule has 8 nitrogen and oxygen atoms in total. The fraction of sp³-hybridized carbons (Fsp3) is 0.111. The van der Waals surface area contributed by atoms with Gasteiger partial charge in [0.15, 0.2) is 16.7 Å². The molecule has 0 spiro atoms. The van der Waals surface area contributed by atoms with Gasteiger partial charge in [-0.15, -0.1) is 11.3 Å². The first kappa shape index (κ1) is 20.6. The van der Waals surface area contributed by atoms with Crippen LogP contribution in [-0.4, -0.2) is 40.2 Å². The first-order valence-corrected chi connectivity index (χ1v) is 10.1. The summed E-state index contributed by atoms with van der Waals surface area (Å²) in [6.45, 7) is 0.232. The maximum Gasteiger partial charge on any atom is 0.287 e. The molecular weight excluding hydrogens is 417 g/mol. The van der Waals surface area contributed by atoms with Crippen LogP contribution in [0.5, 0.6) is 0 Å². The summed E-state index contributed by atoms with van der Waals surface area (Å²) < 4.78 is 12.9. The number of benzene rings is 1. The molecule has 0 saturated carbocycles. The zero-order valence-electron chi connectivity index (χ0n) is 14.8. The minimum Gasteiger partial charge on any atom is -0.351 e. The molecule has 1 aromatic heterocycles. The van der Waals surface area contributed by atoms with E-state index in [1.54, 1.807) is 29.6 Å². The van der Waals surface area contributed by atoms with Crippen molar-refractivity contribution in [3.63, 3.8) is 0 Å². The first-order valence-electron chi connectivity index (χ1n) is 8.22. The number of thiophene rings is 1. The molecule has 1 aliphatic heterocycles. The molecule has 3 N–H and O–H groups in total. The quantitative estimate of drug-likeness (QED) is 0.670. The molecule has 0 fully saturated rings. The van der Waals surface area contributed by atoms with E-state index in [4.69, 9.17) is 5.41 Å². The minimum absolute atomic E-state index is 0.0474. The molecule has 0 unspecified atom stereocenters. The Morgan fingerprint density at radius 3 is 2.69 bits per heavy atom. The van der Waals surface area contributed by atoms with Crippen LogP contribution in [-0.2, 0) is 16.1 Å². The highest BCUT2D eigenvalue weighted by molar-refractivity contribution is 8.14. The van der Waals surface area contributed by atoms with E-state index >= 15 is 0 Å². The van der Waals surface area contributed by atoms with Crippen LogP contribution >= 0.6 is 23.1 Å². The van der Waals surface area contributed by atoms with Crippen LogP contribution in [0.2, 0.25) is 0 Å². The van der Waals surface area contributed by atoms with Crippen molar-refractivity contribution < 1.29 is 18.8 Å². The number of hydrogen-bond donors (Lipinski definition) is 3. The molecule has 1 aromatic carbocycles.